The van der Waals surface area contributed by atoms with Crippen molar-refractivity contribution in [1.82, 2.24) is 0 Å². The van der Waals surface area contributed by atoms with Crippen LogP contribution in [0, 0.1) is 0 Å². The van der Waals surface area contributed by atoms with Crippen LogP contribution in [0.4, 0.5) is 22.7 Å². The first-order valence-corrected chi connectivity index (χ1v) is 11.5. The fourth-order valence-electron chi connectivity index (χ4n) is 4.64. The van der Waals surface area contributed by atoms with Crippen molar-refractivity contribution < 1.29 is 0 Å². The molecule has 162 valence electrons. The first-order chi connectivity index (χ1) is 16.9. The van der Waals surface area contributed by atoms with Crippen LogP contribution in [-0.4, -0.2) is 0 Å². The summed E-state index contributed by atoms with van der Waals surface area (Å²) in [6.45, 7) is 0. The molecule has 0 saturated carbocycles. The van der Waals surface area contributed by atoms with E-state index in [1.54, 1.807) is 0 Å². The van der Waals surface area contributed by atoms with Gasteiger partial charge in [-0.15, -0.1) is 0 Å². The molecule has 6 aromatic carbocycles. The molecule has 0 aliphatic heterocycles. The zero-order chi connectivity index (χ0) is 22.7. The lowest BCUT2D eigenvalue weighted by molar-refractivity contribution is 1.56. The van der Waals surface area contributed by atoms with Gasteiger partial charge in [0.2, 0.25) is 0 Å². The molecule has 0 spiro atoms. The van der Waals surface area contributed by atoms with Gasteiger partial charge < -0.3 is 10.6 Å². The van der Waals surface area contributed by atoms with Crippen LogP contribution in [0.1, 0.15) is 0 Å². The van der Waals surface area contributed by atoms with Gasteiger partial charge in [0, 0.05) is 33.5 Å². The molecule has 0 bridgehead atoms. The van der Waals surface area contributed by atoms with E-state index < -0.39 is 0 Å². The average molecular weight is 437 g/mol. The lowest BCUT2D eigenvalue weighted by Gasteiger charge is -2.17. The Morgan fingerprint density at radius 2 is 0.647 bits per heavy atom. The maximum Gasteiger partial charge on any atom is 0.0464 e. The normalized spacial score (nSPS) is 10.9. The molecule has 0 aliphatic carbocycles. The van der Waals surface area contributed by atoms with Crippen LogP contribution >= 0.6 is 0 Å². The third-order valence-electron chi connectivity index (χ3n) is 6.24. The van der Waals surface area contributed by atoms with Gasteiger partial charge in [0.05, 0.1) is 0 Å². The van der Waals surface area contributed by atoms with Gasteiger partial charge in [-0.3, -0.25) is 0 Å². The van der Waals surface area contributed by atoms with Gasteiger partial charge in [-0.2, -0.15) is 0 Å². The van der Waals surface area contributed by atoms with Crippen molar-refractivity contribution in [3.63, 3.8) is 0 Å². The molecule has 0 amide bonds. The molecule has 0 aromatic heterocycles. The molecule has 0 fully saturated rings. The summed E-state index contributed by atoms with van der Waals surface area (Å²) in [5.41, 5.74) is 6.85. The SMILES string of the molecule is c1ccc(Nc2ccc(-c3ccc(Nc4ccccc4)c4ccccc34)c3ccccc23)cc1. The quantitative estimate of drug-likeness (QED) is 0.281. The Kier molecular flexibility index (Phi) is 5.17. The predicted molar refractivity (Wildman–Crippen MR) is 146 cm³/mol. The van der Waals surface area contributed by atoms with Gasteiger partial charge in [0.1, 0.15) is 0 Å². The second-order valence-corrected chi connectivity index (χ2v) is 8.39. The van der Waals surface area contributed by atoms with E-state index >= 15 is 0 Å². The minimum Gasteiger partial charge on any atom is -0.355 e. The highest BCUT2D eigenvalue weighted by Gasteiger charge is 2.12. The van der Waals surface area contributed by atoms with E-state index in [1.165, 1.54) is 32.7 Å². The van der Waals surface area contributed by atoms with E-state index in [9.17, 15) is 0 Å². The molecule has 6 aromatic rings. The highest BCUT2D eigenvalue weighted by Crippen LogP contribution is 2.39. The topological polar surface area (TPSA) is 24.1 Å². The maximum absolute atomic E-state index is 3.59. The van der Waals surface area contributed by atoms with Crippen LogP contribution in [0.25, 0.3) is 32.7 Å². The molecule has 2 N–H and O–H groups in total. The second-order valence-electron chi connectivity index (χ2n) is 8.39. The summed E-state index contributed by atoms with van der Waals surface area (Å²) in [5.74, 6) is 0. The number of nitrogens with one attached hydrogen (secondary N) is 2. The number of fused-ring (bicyclic) bond motifs is 2. The zero-order valence-corrected chi connectivity index (χ0v) is 18.7. The van der Waals surface area contributed by atoms with Crippen LogP contribution < -0.4 is 10.6 Å². The zero-order valence-electron chi connectivity index (χ0n) is 18.7. The van der Waals surface area contributed by atoms with E-state index in [0.717, 1.165) is 22.7 Å². The van der Waals surface area contributed by atoms with Crippen LogP contribution in [0.3, 0.4) is 0 Å². The molecule has 0 aliphatic rings. The Morgan fingerprint density at radius 3 is 1.06 bits per heavy atom. The highest BCUT2D eigenvalue weighted by atomic mass is 14.9. The first-order valence-electron chi connectivity index (χ1n) is 11.5. The number of hydrogen-bond acceptors (Lipinski definition) is 2. The lowest BCUT2D eigenvalue weighted by atomic mass is 9.92. The standard InChI is InChI=1S/C32H24N2/c1-3-11-23(12-4-1)33-31-21-19-27(25-15-7-9-17-29(25)31)28-20-22-32(30-18-10-8-16-26(28)30)34-24-13-5-2-6-14-24/h1-22,33-34H. The van der Waals surface area contributed by atoms with Crippen molar-refractivity contribution in [3.8, 4) is 11.1 Å². The van der Waals surface area contributed by atoms with Gasteiger partial charge in [-0.25, -0.2) is 0 Å². The number of benzene rings is 6. The molecular weight excluding hydrogens is 412 g/mol. The van der Waals surface area contributed by atoms with Crippen LogP contribution in [0.5, 0.6) is 0 Å². The van der Waals surface area contributed by atoms with Crippen molar-refractivity contribution in [2.45, 2.75) is 0 Å². The number of para-hydroxylation sites is 2. The Labute approximate surface area is 199 Å². The molecule has 0 atom stereocenters. The number of rotatable bonds is 5. The number of hydrogen-bond donors (Lipinski definition) is 2. The lowest BCUT2D eigenvalue weighted by Crippen LogP contribution is -1.94. The Hall–Kier alpha value is -4.56. The molecule has 2 nitrogen and oxygen atoms in total. The van der Waals surface area contributed by atoms with E-state index in [0.29, 0.717) is 0 Å². The van der Waals surface area contributed by atoms with Crippen molar-refractivity contribution in [1.29, 1.82) is 0 Å². The van der Waals surface area contributed by atoms with Gasteiger partial charge in [-0.05, 0) is 58.3 Å². The fraction of sp³-hybridized carbons (Fsp3) is 0. The summed E-state index contributed by atoms with van der Waals surface area (Å²) in [4.78, 5) is 0. The Morgan fingerprint density at radius 1 is 0.294 bits per heavy atom. The summed E-state index contributed by atoms with van der Waals surface area (Å²) >= 11 is 0. The molecule has 0 saturated heterocycles. The Bertz CT molecular complexity index is 1470. The summed E-state index contributed by atoms with van der Waals surface area (Å²) < 4.78 is 0. The minimum atomic E-state index is 1.09. The summed E-state index contributed by atoms with van der Waals surface area (Å²) in [6.07, 6.45) is 0. The van der Waals surface area contributed by atoms with Gasteiger partial charge in [0.15, 0.2) is 0 Å². The molecule has 2 heteroatoms. The summed E-state index contributed by atoms with van der Waals surface area (Å²) in [5, 5.41) is 12.1. The largest absolute Gasteiger partial charge is 0.355 e. The molecular formula is C32H24N2. The monoisotopic (exact) mass is 436 g/mol. The summed E-state index contributed by atoms with van der Waals surface area (Å²) in [7, 11) is 0. The first kappa shape index (κ1) is 20.1. The highest BCUT2D eigenvalue weighted by molar-refractivity contribution is 6.11. The van der Waals surface area contributed by atoms with Gasteiger partial charge in [0.25, 0.3) is 0 Å². The maximum atomic E-state index is 3.59. The molecule has 34 heavy (non-hydrogen) atoms. The van der Waals surface area contributed by atoms with E-state index in [4.69, 9.17) is 0 Å². The van der Waals surface area contributed by atoms with E-state index in [-0.39, 0.29) is 0 Å². The molecule has 0 unspecified atom stereocenters. The van der Waals surface area contributed by atoms with Gasteiger partial charge in [-0.1, -0.05) is 97.1 Å². The van der Waals surface area contributed by atoms with Crippen molar-refractivity contribution >= 4 is 44.3 Å². The second kappa shape index (κ2) is 8.76. The van der Waals surface area contributed by atoms with Crippen LogP contribution in [0.2, 0.25) is 0 Å². The fourth-order valence-corrected chi connectivity index (χ4v) is 4.64. The molecule has 0 heterocycles. The average Bonchev–Trinajstić information content (AvgIpc) is 2.91. The molecule has 6 rings (SSSR count). The van der Waals surface area contributed by atoms with Crippen LogP contribution in [0.15, 0.2) is 133 Å². The van der Waals surface area contributed by atoms with E-state index in [2.05, 4.69) is 132 Å². The smallest absolute Gasteiger partial charge is 0.0464 e. The van der Waals surface area contributed by atoms with Gasteiger partial charge >= 0.3 is 0 Å². The summed E-state index contributed by atoms with van der Waals surface area (Å²) in [6, 6.07) is 46.8. The molecule has 0 radical (unpaired) electrons. The third-order valence-corrected chi connectivity index (χ3v) is 6.24. The predicted octanol–water partition coefficient (Wildman–Crippen LogP) is 9.15. The third kappa shape index (κ3) is 3.76. The minimum absolute atomic E-state index is 1.09. The van der Waals surface area contributed by atoms with Crippen molar-refractivity contribution in [2.24, 2.45) is 0 Å². The van der Waals surface area contributed by atoms with Crippen molar-refractivity contribution in [3.05, 3.63) is 133 Å². The van der Waals surface area contributed by atoms with E-state index in [1.807, 2.05) is 12.1 Å². The van der Waals surface area contributed by atoms with Crippen LogP contribution in [-0.2, 0) is 0 Å². The Balaban J connectivity index is 1.49. The van der Waals surface area contributed by atoms with Crippen molar-refractivity contribution in [2.75, 3.05) is 10.6 Å². The number of anilines is 4.